The number of urea groups is 1. The van der Waals surface area contributed by atoms with Gasteiger partial charge in [-0.05, 0) is 30.3 Å². The molecule has 4 rings (SSSR count). The van der Waals surface area contributed by atoms with Crippen LogP contribution in [-0.4, -0.2) is 34.8 Å². The number of methoxy groups -OCH3 is 2. The Morgan fingerprint density at radius 3 is 2.66 bits per heavy atom. The first kappa shape index (κ1) is 18.3. The maximum absolute atomic E-state index is 12.4. The second kappa shape index (κ2) is 7.89. The van der Waals surface area contributed by atoms with E-state index in [1.165, 1.54) is 0 Å². The van der Waals surface area contributed by atoms with Gasteiger partial charge < -0.3 is 20.1 Å². The van der Waals surface area contributed by atoms with Gasteiger partial charge in [-0.3, -0.25) is 0 Å². The lowest BCUT2D eigenvalue weighted by Gasteiger charge is -2.11. The highest BCUT2D eigenvalue weighted by atomic mass is 16.5. The summed E-state index contributed by atoms with van der Waals surface area (Å²) in [6, 6.07) is 17.9. The van der Waals surface area contributed by atoms with Gasteiger partial charge >= 0.3 is 6.03 Å². The third-order valence-corrected chi connectivity index (χ3v) is 4.28. The van der Waals surface area contributed by atoms with Crippen LogP contribution >= 0.6 is 0 Å². The van der Waals surface area contributed by atoms with Crippen LogP contribution in [0.15, 0.2) is 66.9 Å². The first-order valence-corrected chi connectivity index (χ1v) is 8.88. The van der Waals surface area contributed by atoms with Crippen LogP contribution in [0, 0.1) is 0 Å². The molecule has 0 aliphatic carbocycles. The Morgan fingerprint density at radius 1 is 0.966 bits per heavy atom. The van der Waals surface area contributed by atoms with Crippen LogP contribution in [-0.2, 0) is 0 Å². The number of ether oxygens (including phenoxy) is 2. The van der Waals surface area contributed by atoms with Gasteiger partial charge in [0.05, 0.1) is 31.8 Å². The van der Waals surface area contributed by atoms with E-state index in [-0.39, 0.29) is 6.03 Å². The molecule has 0 atom stereocenters. The lowest BCUT2D eigenvalue weighted by atomic mass is 10.1. The minimum atomic E-state index is -0.368. The zero-order valence-electron chi connectivity index (χ0n) is 15.9. The Labute approximate surface area is 167 Å². The number of hydrogen-bond donors (Lipinski definition) is 2. The van der Waals surface area contributed by atoms with Crippen LogP contribution in [0.2, 0.25) is 0 Å². The predicted molar refractivity (Wildman–Crippen MR) is 111 cm³/mol. The number of para-hydroxylation sites is 2. The van der Waals surface area contributed by atoms with Crippen molar-refractivity contribution in [1.29, 1.82) is 0 Å². The van der Waals surface area contributed by atoms with Crippen molar-refractivity contribution in [3.63, 3.8) is 0 Å². The maximum Gasteiger partial charge on any atom is 0.323 e. The van der Waals surface area contributed by atoms with Gasteiger partial charge in [0.1, 0.15) is 5.75 Å². The summed E-state index contributed by atoms with van der Waals surface area (Å²) in [6.45, 7) is 0. The Balaban J connectivity index is 1.53. The van der Waals surface area contributed by atoms with Crippen molar-refractivity contribution < 1.29 is 14.3 Å². The van der Waals surface area contributed by atoms with Crippen molar-refractivity contribution in [2.45, 2.75) is 0 Å². The van der Waals surface area contributed by atoms with Crippen LogP contribution in [0.25, 0.3) is 16.9 Å². The first-order valence-electron chi connectivity index (χ1n) is 8.88. The Bertz CT molecular complexity index is 1170. The van der Waals surface area contributed by atoms with Gasteiger partial charge in [-0.2, -0.15) is 0 Å². The van der Waals surface area contributed by atoms with Gasteiger partial charge in [-0.1, -0.05) is 24.3 Å². The highest BCUT2D eigenvalue weighted by molar-refractivity contribution is 6.01. The molecule has 4 aromatic rings. The molecule has 8 nitrogen and oxygen atoms in total. The highest BCUT2D eigenvalue weighted by Gasteiger charge is 2.10. The number of fused-ring (bicyclic) bond motifs is 1. The molecule has 0 saturated carbocycles. The van der Waals surface area contributed by atoms with Gasteiger partial charge in [0.25, 0.3) is 0 Å². The molecule has 0 radical (unpaired) electrons. The zero-order chi connectivity index (χ0) is 20.2. The van der Waals surface area contributed by atoms with Crippen molar-refractivity contribution in [2.75, 3.05) is 24.9 Å². The van der Waals surface area contributed by atoms with Gasteiger partial charge in [0, 0.05) is 17.3 Å². The molecular weight excluding hydrogens is 370 g/mol. The molecule has 2 heterocycles. The number of carbonyl (C=O) groups excluding carboxylic acids is 1. The lowest BCUT2D eigenvalue weighted by Crippen LogP contribution is -2.19. The van der Waals surface area contributed by atoms with E-state index in [9.17, 15) is 4.79 Å². The summed E-state index contributed by atoms with van der Waals surface area (Å²) in [5.41, 5.74) is 3.51. The lowest BCUT2D eigenvalue weighted by molar-refractivity contribution is 0.262. The largest absolute Gasteiger partial charge is 0.495 e. The molecule has 0 saturated heterocycles. The first-order chi connectivity index (χ1) is 14.2. The molecule has 8 heteroatoms. The Kier molecular flexibility index (Phi) is 4.98. The number of benzene rings is 2. The smallest absolute Gasteiger partial charge is 0.323 e. The predicted octanol–water partition coefficient (Wildman–Crippen LogP) is 4.06. The minimum Gasteiger partial charge on any atom is -0.495 e. The van der Waals surface area contributed by atoms with Crippen molar-refractivity contribution in [3.8, 4) is 22.9 Å². The van der Waals surface area contributed by atoms with E-state index < -0.39 is 0 Å². The molecule has 0 aliphatic rings. The molecule has 0 spiro atoms. The summed E-state index contributed by atoms with van der Waals surface area (Å²) in [7, 11) is 3.12. The van der Waals surface area contributed by atoms with E-state index in [0.29, 0.717) is 28.7 Å². The third kappa shape index (κ3) is 3.96. The number of nitrogens with zero attached hydrogens (tertiary/aromatic N) is 3. The van der Waals surface area contributed by atoms with E-state index in [1.807, 2.05) is 48.7 Å². The molecule has 2 aromatic carbocycles. The number of rotatable bonds is 5. The fourth-order valence-corrected chi connectivity index (χ4v) is 2.90. The molecule has 0 fully saturated rings. The maximum atomic E-state index is 12.4. The second-order valence-electron chi connectivity index (χ2n) is 6.16. The average Bonchev–Trinajstić information content (AvgIpc) is 3.17. The van der Waals surface area contributed by atoms with Crippen molar-refractivity contribution >= 4 is 23.1 Å². The summed E-state index contributed by atoms with van der Waals surface area (Å²) in [5, 5.41) is 9.93. The van der Waals surface area contributed by atoms with E-state index in [0.717, 1.165) is 11.3 Å². The normalized spacial score (nSPS) is 10.6. The van der Waals surface area contributed by atoms with Crippen LogP contribution < -0.4 is 20.1 Å². The number of carbonyl (C=O) groups is 1. The second-order valence-corrected chi connectivity index (χ2v) is 6.16. The van der Waals surface area contributed by atoms with Gasteiger partial charge in [0.15, 0.2) is 5.65 Å². The summed E-state index contributed by atoms with van der Waals surface area (Å²) < 4.78 is 12.0. The van der Waals surface area contributed by atoms with E-state index >= 15 is 0 Å². The van der Waals surface area contributed by atoms with Crippen molar-refractivity contribution in [3.05, 3.63) is 66.9 Å². The molecule has 2 N–H and O–H groups in total. The third-order valence-electron chi connectivity index (χ3n) is 4.28. The molecule has 2 amide bonds. The SMILES string of the molecule is COc1ccc2nc(-c3cccc(NC(=O)Nc4ccccc4OC)c3)cn2n1. The van der Waals surface area contributed by atoms with Crippen LogP contribution in [0.1, 0.15) is 0 Å². The summed E-state index contributed by atoms with van der Waals surface area (Å²) in [5.74, 6) is 1.09. The van der Waals surface area contributed by atoms with E-state index in [4.69, 9.17) is 9.47 Å². The minimum absolute atomic E-state index is 0.368. The van der Waals surface area contributed by atoms with E-state index in [1.54, 1.807) is 36.9 Å². The van der Waals surface area contributed by atoms with Crippen LogP contribution in [0.3, 0.4) is 0 Å². The Hall–Kier alpha value is -4.07. The topological polar surface area (TPSA) is 89.8 Å². The number of amides is 2. The molecule has 0 aliphatic heterocycles. The number of anilines is 2. The molecule has 0 bridgehead atoms. The average molecular weight is 389 g/mol. The quantitative estimate of drug-likeness (QED) is 0.537. The number of aromatic nitrogens is 3. The standard InChI is InChI=1S/C21H19N5O3/c1-28-18-9-4-3-8-16(18)24-21(27)22-15-7-5-6-14(12-15)17-13-26-19(23-17)10-11-20(25-26)29-2/h3-13H,1-2H3,(H2,22,24,27). The monoisotopic (exact) mass is 389 g/mol. The number of hydrogen-bond acceptors (Lipinski definition) is 5. The summed E-state index contributed by atoms with van der Waals surface area (Å²) >= 11 is 0. The molecule has 146 valence electrons. The van der Waals surface area contributed by atoms with Crippen molar-refractivity contribution in [1.82, 2.24) is 14.6 Å². The number of imidazole rings is 1. The van der Waals surface area contributed by atoms with Gasteiger partial charge in [-0.25, -0.2) is 14.3 Å². The fourth-order valence-electron chi connectivity index (χ4n) is 2.90. The number of nitrogens with one attached hydrogen (secondary N) is 2. The summed E-state index contributed by atoms with van der Waals surface area (Å²) in [6.07, 6.45) is 1.81. The van der Waals surface area contributed by atoms with Crippen LogP contribution in [0.5, 0.6) is 11.6 Å². The van der Waals surface area contributed by atoms with Gasteiger partial charge in [-0.15, -0.1) is 5.10 Å². The summed E-state index contributed by atoms with van der Waals surface area (Å²) in [4.78, 5) is 17.0. The Morgan fingerprint density at radius 2 is 1.83 bits per heavy atom. The van der Waals surface area contributed by atoms with E-state index in [2.05, 4.69) is 20.7 Å². The molecule has 0 unspecified atom stereocenters. The molecular formula is C21H19N5O3. The fraction of sp³-hybridized carbons (Fsp3) is 0.0952. The zero-order valence-corrected chi connectivity index (χ0v) is 15.9. The van der Waals surface area contributed by atoms with Crippen molar-refractivity contribution in [2.24, 2.45) is 0 Å². The van der Waals surface area contributed by atoms with Gasteiger partial charge in [0.2, 0.25) is 5.88 Å². The molecule has 2 aromatic heterocycles. The molecule has 29 heavy (non-hydrogen) atoms. The highest BCUT2D eigenvalue weighted by Crippen LogP contribution is 2.25. The van der Waals surface area contributed by atoms with Crippen LogP contribution in [0.4, 0.5) is 16.2 Å².